The van der Waals surface area contributed by atoms with Gasteiger partial charge in [0.05, 0.1) is 18.8 Å². The highest BCUT2D eigenvalue weighted by atomic mass is 79.9. The van der Waals surface area contributed by atoms with E-state index in [1.54, 1.807) is 18.2 Å². The summed E-state index contributed by atoms with van der Waals surface area (Å²) in [6.07, 6.45) is 1.74. The maximum Gasteiger partial charge on any atom is 0.216 e. The van der Waals surface area contributed by atoms with Crippen LogP contribution in [0.5, 0.6) is 5.88 Å². The van der Waals surface area contributed by atoms with Gasteiger partial charge in [-0.1, -0.05) is 22.0 Å². The number of benzene rings is 1. The molecule has 0 fully saturated rings. The van der Waals surface area contributed by atoms with Crippen LogP contribution in [0.2, 0.25) is 0 Å². The van der Waals surface area contributed by atoms with E-state index in [1.165, 1.54) is 19.5 Å². The predicted octanol–water partition coefficient (Wildman–Crippen LogP) is 2.63. The van der Waals surface area contributed by atoms with E-state index in [1.807, 2.05) is 0 Å². The van der Waals surface area contributed by atoms with E-state index in [4.69, 9.17) is 10.5 Å². The van der Waals surface area contributed by atoms with E-state index in [0.29, 0.717) is 28.0 Å². The van der Waals surface area contributed by atoms with E-state index in [2.05, 4.69) is 25.9 Å². The number of hydrogen-bond donors (Lipinski definition) is 1. The van der Waals surface area contributed by atoms with Crippen molar-refractivity contribution in [3.8, 4) is 5.88 Å². The highest BCUT2D eigenvalue weighted by Crippen LogP contribution is 2.21. The zero-order valence-electron chi connectivity index (χ0n) is 10.3. The molecule has 0 saturated carbocycles. The van der Waals surface area contributed by atoms with Gasteiger partial charge in [0, 0.05) is 10.5 Å². The molecule has 1 aromatic carbocycles. The number of halogens is 2. The van der Waals surface area contributed by atoms with Crippen LogP contribution in [0.4, 0.5) is 4.39 Å². The molecule has 0 aliphatic carbocycles. The summed E-state index contributed by atoms with van der Waals surface area (Å²) in [4.78, 5) is 7.99. The summed E-state index contributed by atoms with van der Waals surface area (Å²) in [6.45, 7) is 0. The number of nitrogens with zero attached hydrogens (tertiary/aromatic N) is 2. The third-order valence-corrected chi connectivity index (χ3v) is 3.20. The van der Waals surface area contributed by atoms with Crippen LogP contribution in [0.1, 0.15) is 17.3 Å². The molecule has 0 spiro atoms. The molecule has 0 saturated heterocycles. The minimum Gasteiger partial charge on any atom is -0.481 e. The normalized spacial score (nSPS) is 12.2. The summed E-state index contributed by atoms with van der Waals surface area (Å²) in [5, 5.41) is 0. The van der Waals surface area contributed by atoms with E-state index in [9.17, 15) is 4.39 Å². The third-order valence-electron chi connectivity index (χ3n) is 2.71. The van der Waals surface area contributed by atoms with Gasteiger partial charge in [-0.2, -0.15) is 0 Å². The lowest BCUT2D eigenvalue weighted by molar-refractivity contribution is 0.395. The average Bonchev–Trinajstić information content (AvgIpc) is 2.42. The molecule has 19 heavy (non-hydrogen) atoms. The predicted molar refractivity (Wildman–Crippen MR) is 73.3 cm³/mol. The van der Waals surface area contributed by atoms with Crippen LogP contribution < -0.4 is 10.5 Å². The van der Waals surface area contributed by atoms with Gasteiger partial charge in [-0.05, 0) is 24.1 Å². The Bertz CT molecular complexity index is 580. The molecule has 0 bridgehead atoms. The van der Waals surface area contributed by atoms with Gasteiger partial charge in [0.25, 0.3) is 0 Å². The summed E-state index contributed by atoms with van der Waals surface area (Å²) < 4.78 is 19.4. The maximum atomic E-state index is 13.7. The number of hydrogen-bond acceptors (Lipinski definition) is 4. The maximum absolute atomic E-state index is 13.7. The monoisotopic (exact) mass is 325 g/mol. The third kappa shape index (κ3) is 3.48. The number of aromatic nitrogens is 2. The van der Waals surface area contributed by atoms with Crippen LogP contribution in [-0.2, 0) is 6.42 Å². The molecular formula is C13H13BrFN3O. The largest absolute Gasteiger partial charge is 0.481 e. The first-order valence-electron chi connectivity index (χ1n) is 5.65. The van der Waals surface area contributed by atoms with Crippen molar-refractivity contribution in [2.45, 2.75) is 12.5 Å². The van der Waals surface area contributed by atoms with Gasteiger partial charge >= 0.3 is 0 Å². The molecule has 2 aromatic rings. The second-order valence-electron chi connectivity index (χ2n) is 4.03. The quantitative estimate of drug-likeness (QED) is 0.938. The van der Waals surface area contributed by atoms with Crippen molar-refractivity contribution in [3.63, 3.8) is 0 Å². The van der Waals surface area contributed by atoms with Crippen LogP contribution in [-0.4, -0.2) is 17.1 Å². The van der Waals surface area contributed by atoms with Crippen molar-refractivity contribution < 1.29 is 9.13 Å². The highest BCUT2D eigenvalue weighted by molar-refractivity contribution is 9.10. The standard InChI is InChI=1S/C13H13BrFN3O/c1-19-13-6-12(17-7-18-13)11(16)4-8-2-3-9(14)5-10(8)15/h2-3,5-7,11H,4,16H2,1H3. The zero-order chi connectivity index (χ0) is 13.8. The summed E-state index contributed by atoms with van der Waals surface area (Å²) in [6, 6.07) is 6.15. The van der Waals surface area contributed by atoms with Crippen molar-refractivity contribution in [3.05, 3.63) is 52.1 Å². The van der Waals surface area contributed by atoms with Crippen molar-refractivity contribution in [1.29, 1.82) is 0 Å². The molecule has 1 aromatic heterocycles. The lowest BCUT2D eigenvalue weighted by atomic mass is 10.0. The molecule has 0 radical (unpaired) electrons. The minimum atomic E-state index is -0.410. The van der Waals surface area contributed by atoms with Crippen LogP contribution in [0, 0.1) is 5.82 Å². The van der Waals surface area contributed by atoms with E-state index in [-0.39, 0.29) is 5.82 Å². The summed E-state index contributed by atoms with van der Waals surface area (Å²) >= 11 is 3.22. The first-order valence-corrected chi connectivity index (χ1v) is 6.45. The van der Waals surface area contributed by atoms with Crippen molar-refractivity contribution >= 4 is 15.9 Å². The molecule has 4 nitrogen and oxygen atoms in total. The fourth-order valence-corrected chi connectivity index (χ4v) is 2.03. The molecule has 2 rings (SSSR count). The lowest BCUT2D eigenvalue weighted by Crippen LogP contribution is -2.16. The SMILES string of the molecule is COc1cc(C(N)Cc2ccc(Br)cc2F)ncn1. The number of methoxy groups -OCH3 is 1. The van der Waals surface area contributed by atoms with Gasteiger partial charge in [0.15, 0.2) is 0 Å². The van der Waals surface area contributed by atoms with Gasteiger partial charge in [0.1, 0.15) is 12.1 Å². The van der Waals surface area contributed by atoms with E-state index in [0.717, 1.165) is 0 Å². The van der Waals surface area contributed by atoms with Gasteiger partial charge in [-0.3, -0.25) is 0 Å². The second kappa shape index (κ2) is 6.08. The van der Waals surface area contributed by atoms with Gasteiger partial charge in [-0.25, -0.2) is 14.4 Å². The van der Waals surface area contributed by atoms with Crippen LogP contribution in [0.15, 0.2) is 35.1 Å². The van der Waals surface area contributed by atoms with Gasteiger partial charge in [-0.15, -0.1) is 0 Å². The Morgan fingerprint density at radius 3 is 2.84 bits per heavy atom. The molecule has 0 amide bonds. The molecule has 2 N–H and O–H groups in total. The topological polar surface area (TPSA) is 61.0 Å². The Morgan fingerprint density at radius 2 is 2.16 bits per heavy atom. The Balaban J connectivity index is 2.17. The molecule has 0 aliphatic rings. The first kappa shape index (κ1) is 13.9. The summed E-state index contributed by atoms with van der Waals surface area (Å²) in [5.41, 5.74) is 7.20. The minimum absolute atomic E-state index is 0.286. The molecule has 1 heterocycles. The summed E-state index contributed by atoms with van der Waals surface area (Å²) in [7, 11) is 1.52. The van der Waals surface area contributed by atoms with Gasteiger partial charge in [0.2, 0.25) is 5.88 Å². The van der Waals surface area contributed by atoms with E-state index >= 15 is 0 Å². The van der Waals surface area contributed by atoms with Crippen LogP contribution in [0.25, 0.3) is 0 Å². The fourth-order valence-electron chi connectivity index (χ4n) is 1.70. The Kier molecular flexibility index (Phi) is 4.44. The Hall–Kier alpha value is -1.53. The zero-order valence-corrected chi connectivity index (χ0v) is 11.9. The second-order valence-corrected chi connectivity index (χ2v) is 4.95. The van der Waals surface area contributed by atoms with Crippen LogP contribution in [0.3, 0.4) is 0 Å². The van der Waals surface area contributed by atoms with Crippen LogP contribution >= 0.6 is 15.9 Å². The molecule has 1 atom stereocenters. The molecular weight excluding hydrogens is 313 g/mol. The highest BCUT2D eigenvalue weighted by Gasteiger charge is 2.13. The fraction of sp³-hybridized carbons (Fsp3) is 0.231. The number of rotatable bonds is 4. The van der Waals surface area contributed by atoms with Crippen molar-refractivity contribution in [2.24, 2.45) is 5.73 Å². The van der Waals surface area contributed by atoms with E-state index < -0.39 is 6.04 Å². The van der Waals surface area contributed by atoms with Crippen molar-refractivity contribution in [1.82, 2.24) is 9.97 Å². The number of nitrogens with two attached hydrogens (primary N) is 1. The molecule has 100 valence electrons. The molecule has 6 heteroatoms. The number of ether oxygens (including phenoxy) is 1. The van der Waals surface area contributed by atoms with Gasteiger partial charge < -0.3 is 10.5 Å². The molecule has 1 unspecified atom stereocenters. The first-order chi connectivity index (χ1) is 9.10. The van der Waals surface area contributed by atoms with Crippen molar-refractivity contribution in [2.75, 3.05) is 7.11 Å². The smallest absolute Gasteiger partial charge is 0.216 e. The summed E-state index contributed by atoms with van der Waals surface area (Å²) in [5.74, 6) is 0.155. The average molecular weight is 326 g/mol. The molecule has 0 aliphatic heterocycles. The Morgan fingerprint density at radius 1 is 1.37 bits per heavy atom. The lowest BCUT2D eigenvalue weighted by Gasteiger charge is -2.12. The Labute approximate surface area is 119 Å².